The first-order valence-electron chi connectivity index (χ1n) is 7.05. The number of rotatable bonds is 2. The summed E-state index contributed by atoms with van der Waals surface area (Å²) in [5.74, 6) is 0.673. The predicted molar refractivity (Wildman–Crippen MR) is 78.5 cm³/mol. The largest absolute Gasteiger partial charge is 0.464 e. The molecule has 0 radical (unpaired) electrons. The van der Waals surface area contributed by atoms with E-state index in [1.165, 1.54) is 6.33 Å². The monoisotopic (exact) mass is 298 g/mol. The number of amides is 1. The molecular weight excluding hydrogens is 284 g/mol. The van der Waals surface area contributed by atoms with Gasteiger partial charge < -0.3 is 14.2 Å². The summed E-state index contributed by atoms with van der Waals surface area (Å²) >= 11 is 0. The van der Waals surface area contributed by atoms with Crippen LogP contribution in [0.4, 0.5) is 5.95 Å². The summed E-state index contributed by atoms with van der Waals surface area (Å²) in [6.45, 7) is 2.66. The second-order valence-corrected chi connectivity index (χ2v) is 5.08. The third-order valence-corrected chi connectivity index (χ3v) is 3.85. The normalized spacial score (nSPS) is 15.5. The molecule has 3 aromatic heterocycles. The summed E-state index contributed by atoms with van der Waals surface area (Å²) in [5.41, 5.74) is 1.12. The van der Waals surface area contributed by atoms with E-state index in [2.05, 4.69) is 25.1 Å². The number of furan rings is 1. The summed E-state index contributed by atoms with van der Waals surface area (Å²) in [6.07, 6.45) is 4.66. The minimum Gasteiger partial charge on any atom is -0.464 e. The number of aromatic amines is 1. The van der Waals surface area contributed by atoms with E-state index in [0.717, 1.165) is 11.3 Å². The number of carbonyl (C=O) groups excluding carboxylic acids is 1. The highest BCUT2D eigenvalue weighted by Gasteiger charge is 2.25. The molecule has 0 unspecified atom stereocenters. The van der Waals surface area contributed by atoms with Crippen molar-refractivity contribution in [3.05, 3.63) is 36.6 Å². The molecular formula is C14H14N6O2. The van der Waals surface area contributed by atoms with Crippen molar-refractivity contribution in [2.45, 2.75) is 0 Å². The molecule has 1 aliphatic heterocycles. The van der Waals surface area contributed by atoms with E-state index in [-0.39, 0.29) is 5.91 Å². The number of aromatic nitrogens is 4. The zero-order valence-electron chi connectivity index (χ0n) is 11.8. The molecule has 1 N–H and O–H groups in total. The topological polar surface area (TPSA) is 91.2 Å². The molecule has 0 bridgehead atoms. The van der Waals surface area contributed by atoms with Crippen molar-refractivity contribution in [3.8, 4) is 0 Å². The minimum absolute atomic E-state index is 0.0655. The number of nitrogens with zero attached hydrogens (tertiary/aromatic N) is 5. The average Bonchev–Trinajstić information content (AvgIpc) is 3.25. The number of fused-ring (bicyclic) bond motifs is 1. The van der Waals surface area contributed by atoms with Gasteiger partial charge in [-0.05, 0) is 12.1 Å². The zero-order valence-corrected chi connectivity index (χ0v) is 11.8. The van der Waals surface area contributed by atoms with E-state index in [4.69, 9.17) is 4.42 Å². The number of nitrogens with one attached hydrogen (secondary N) is 1. The van der Waals surface area contributed by atoms with Gasteiger partial charge in [0.05, 0.1) is 11.6 Å². The summed E-state index contributed by atoms with van der Waals surface area (Å²) in [4.78, 5) is 24.9. The van der Waals surface area contributed by atoms with Crippen LogP contribution < -0.4 is 4.90 Å². The van der Waals surface area contributed by atoms with Gasteiger partial charge in [0.1, 0.15) is 17.6 Å². The lowest BCUT2D eigenvalue weighted by molar-refractivity contribution is 0.0742. The summed E-state index contributed by atoms with van der Waals surface area (Å²) in [6, 6.07) is 3.54. The van der Waals surface area contributed by atoms with Crippen LogP contribution in [0.2, 0.25) is 0 Å². The van der Waals surface area contributed by atoms with Crippen LogP contribution in [0.5, 0.6) is 0 Å². The van der Waals surface area contributed by atoms with E-state index in [1.54, 1.807) is 24.6 Å². The molecule has 0 spiro atoms. The Morgan fingerprint density at radius 1 is 1.18 bits per heavy atom. The van der Waals surface area contributed by atoms with Gasteiger partial charge >= 0.3 is 0 Å². The Labute approximate surface area is 125 Å². The first kappa shape index (κ1) is 12.8. The highest BCUT2D eigenvalue weighted by atomic mass is 16.3. The average molecular weight is 298 g/mol. The van der Waals surface area contributed by atoms with Gasteiger partial charge in [-0.15, -0.1) is 0 Å². The van der Waals surface area contributed by atoms with Gasteiger partial charge in [0.15, 0.2) is 0 Å². The first-order chi connectivity index (χ1) is 10.8. The van der Waals surface area contributed by atoms with Crippen LogP contribution in [-0.2, 0) is 0 Å². The second-order valence-electron chi connectivity index (χ2n) is 5.08. The molecule has 8 nitrogen and oxygen atoms in total. The fraction of sp³-hybridized carbons (Fsp3) is 0.286. The Morgan fingerprint density at radius 3 is 2.82 bits per heavy atom. The Morgan fingerprint density at radius 2 is 2.05 bits per heavy atom. The van der Waals surface area contributed by atoms with Gasteiger partial charge in [0.2, 0.25) is 5.95 Å². The van der Waals surface area contributed by atoms with E-state index in [9.17, 15) is 4.79 Å². The SMILES string of the molecule is O=C(c1nccc2occc12)N1CCN(c2ncn[nH]2)CC1. The zero-order chi connectivity index (χ0) is 14.9. The molecule has 4 heterocycles. The van der Waals surface area contributed by atoms with Gasteiger partial charge in [-0.25, -0.2) is 5.10 Å². The maximum Gasteiger partial charge on any atom is 0.273 e. The summed E-state index contributed by atoms with van der Waals surface area (Å²) in [7, 11) is 0. The van der Waals surface area contributed by atoms with Crippen LogP contribution in [0.1, 0.15) is 10.5 Å². The standard InChI is InChI=1S/C14H14N6O2/c21-13(12-10-2-8-22-11(10)1-3-15-12)19-4-6-20(7-5-19)14-16-9-17-18-14/h1-3,8-9H,4-7H2,(H,16,17,18). The number of piperazine rings is 1. The highest BCUT2D eigenvalue weighted by Crippen LogP contribution is 2.20. The van der Waals surface area contributed by atoms with E-state index >= 15 is 0 Å². The molecule has 1 saturated heterocycles. The predicted octanol–water partition coefficient (Wildman–Crippen LogP) is 0.908. The molecule has 0 aliphatic carbocycles. The lowest BCUT2D eigenvalue weighted by Gasteiger charge is -2.34. The molecule has 112 valence electrons. The van der Waals surface area contributed by atoms with Crippen LogP contribution in [0.3, 0.4) is 0 Å². The molecule has 4 rings (SSSR count). The molecule has 1 fully saturated rings. The molecule has 0 aromatic carbocycles. The van der Waals surface area contributed by atoms with Crippen molar-refractivity contribution in [1.82, 2.24) is 25.1 Å². The third-order valence-electron chi connectivity index (χ3n) is 3.85. The van der Waals surface area contributed by atoms with Crippen molar-refractivity contribution >= 4 is 22.8 Å². The maximum absolute atomic E-state index is 12.7. The summed E-state index contributed by atoms with van der Waals surface area (Å²) < 4.78 is 5.32. The van der Waals surface area contributed by atoms with Gasteiger partial charge in [0.25, 0.3) is 5.91 Å². The van der Waals surface area contributed by atoms with Crippen molar-refractivity contribution in [3.63, 3.8) is 0 Å². The number of pyridine rings is 1. The molecule has 8 heteroatoms. The number of H-pyrrole nitrogens is 1. The van der Waals surface area contributed by atoms with Crippen LogP contribution in [0.25, 0.3) is 11.0 Å². The third kappa shape index (κ3) is 2.09. The Balaban J connectivity index is 1.51. The van der Waals surface area contributed by atoms with Gasteiger partial charge in [-0.2, -0.15) is 10.1 Å². The number of hydrogen-bond donors (Lipinski definition) is 1. The van der Waals surface area contributed by atoms with Crippen molar-refractivity contribution in [2.24, 2.45) is 0 Å². The lowest BCUT2D eigenvalue weighted by Crippen LogP contribution is -2.49. The number of anilines is 1. The summed E-state index contributed by atoms with van der Waals surface area (Å²) in [5, 5.41) is 7.44. The fourth-order valence-electron chi connectivity index (χ4n) is 2.69. The van der Waals surface area contributed by atoms with Crippen LogP contribution >= 0.6 is 0 Å². The van der Waals surface area contributed by atoms with Gasteiger partial charge in [-0.3, -0.25) is 9.78 Å². The van der Waals surface area contributed by atoms with Gasteiger partial charge in [-0.1, -0.05) is 0 Å². The Kier molecular flexibility index (Phi) is 2.99. The fourth-order valence-corrected chi connectivity index (χ4v) is 2.69. The van der Waals surface area contributed by atoms with E-state index in [0.29, 0.717) is 37.5 Å². The quantitative estimate of drug-likeness (QED) is 0.756. The van der Waals surface area contributed by atoms with Crippen LogP contribution in [0, 0.1) is 0 Å². The molecule has 0 atom stereocenters. The number of carbonyl (C=O) groups is 1. The minimum atomic E-state index is -0.0655. The molecule has 0 saturated carbocycles. The van der Waals surface area contributed by atoms with Crippen molar-refractivity contribution in [2.75, 3.05) is 31.1 Å². The Hall–Kier alpha value is -2.90. The Bertz CT molecular complexity index is 789. The van der Waals surface area contributed by atoms with E-state index in [1.807, 2.05) is 4.90 Å². The molecule has 1 aliphatic rings. The van der Waals surface area contributed by atoms with Crippen molar-refractivity contribution < 1.29 is 9.21 Å². The van der Waals surface area contributed by atoms with Gasteiger partial charge in [0, 0.05) is 32.4 Å². The second kappa shape index (κ2) is 5.14. The highest BCUT2D eigenvalue weighted by molar-refractivity contribution is 6.04. The van der Waals surface area contributed by atoms with E-state index < -0.39 is 0 Å². The molecule has 1 amide bonds. The smallest absolute Gasteiger partial charge is 0.273 e. The molecule has 3 aromatic rings. The number of hydrogen-bond acceptors (Lipinski definition) is 6. The molecule has 22 heavy (non-hydrogen) atoms. The lowest BCUT2D eigenvalue weighted by atomic mass is 10.2. The maximum atomic E-state index is 12.7. The van der Waals surface area contributed by atoms with Crippen LogP contribution in [-0.4, -0.2) is 57.2 Å². The first-order valence-corrected chi connectivity index (χ1v) is 7.05. The van der Waals surface area contributed by atoms with Crippen molar-refractivity contribution in [1.29, 1.82) is 0 Å². The van der Waals surface area contributed by atoms with Crippen LogP contribution in [0.15, 0.2) is 35.3 Å².